The first-order valence-electron chi connectivity index (χ1n) is 9.24. The SMILES string of the molecule is Cc1cc(C)c(OCC(=O)N2CCN(c3ccccc3C)CC2)c(C)c1. The number of piperazine rings is 1. The first kappa shape index (κ1) is 18.3. The van der Waals surface area contributed by atoms with Gasteiger partial charge < -0.3 is 14.5 Å². The zero-order valence-electron chi connectivity index (χ0n) is 16.2. The van der Waals surface area contributed by atoms with E-state index in [-0.39, 0.29) is 12.5 Å². The third kappa shape index (κ3) is 4.01. The third-order valence-corrected chi connectivity index (χ3v) is 5.03. The van der Waals surface area contributed by atoms with Crippen LogP contribution in [-0.4, -0.2) is 43.6 Å². The lowest BCUT2D eigenvalue weighted by atomic mass is 10.1. The summed E-state index contributed by atoms with van der Waals surface area (Å²) in [7, 11) is 0. The van der Waals surface area contributed by atoms with Gasteiger partial charge in [-0.2, -0.15) is 0 Å². The highest BCUT2D eigenvalue weighted by Crippen LogP contribution is 2.25. The normalized spacial score (nSPS) is 14.5. The van der Waals surface area contributed by atoms with Crippen molar-refractivity contribution in [3.8, 4) is 5.75 Å². The van der Waals surface area contributed by atoms with Gasteiger partial charge >= 0.3 is 0 Å². The third-order valence-electron chi connectivity index (χ3n) is 5.03. The van der Waals surface area contributed by atoms with Crippen molar-refractivity contribution in [1.29, 1.82) is 0 Å². The van der Waals surface area contributed by atoms with E-state index in [4.69, 9.17) is 4.74 Å². The smallest absolute Gasteiger partial charge is 0.260 e. The summed E-state index contributed by atoms with van der Waals surface area (Å²) >= 11 is 0. The molecule has 1 saturated heterocycles. The first-order chi connectivity index (χ1) is 12.5. The fraction of sp³-hybridized carbons (Fsp3) is 0.409. The molecular formula is C22H28N2O2. The van der Waals surface area contributed by atoms with Crippen molar-refractivity contribution < 1.29 is 9.53 Å². The topological polar surface area (TPSA) is 32.8 Å². The van der Waals surface area contributed by atoms with Crippen LogP contribution in [0.2, 0.25) is 0 Å². The lowest BCUT2D eigenvalue weighted by molar-refractivity contribution is -0.133. The second-order valence-electron chi connectivity index (χ2n) is 7.17. The molecule has 1 aliphatic heterocycles. The quantitative estimate of drug-likeness (QED) is 0.842. The number of aryl methyl sites for hydroxylation is 4. The van der Waals surface area contributed by atoms with Crippen molar-refractivity contribution in [1.82, 2.24) is 4.90 Å². The number of nitrogens with zero attached hydrogens (tertiary/aromatic N) is 2. The van der Waals surface area contributed by atoms with Crippen molar-refractivity contribution in [2.75, 3.05) is 37.7 Å². The Morgan fingerprint density at radius 2 is 1.54 bits per heavy atom. The number of amides is 1. The van der Waals surface area contributed by atoms with E-state index in [1.54, 1.807) is 0 Å². The van der Waals surface area contributed by atoms with E-state index >= 15 is 0 Å². The summed E-state index contributed by atoms with van der Waals surface area (Å²) in [4.78, 5) is 16.8. The first-order valence-corrected chi connectivity index (χ1v) is 9.24. The van der Waals surface area contributed by atoms with Crippen LogP contribution >= 0.6 is 0 Å². The van der Waals surface area contributed by atoms with Crippen LogP contribution in [0.4, 0.5) is 5.69 Å². The van der Waals surface area contributed by atoms with Gasteiger partial charge in [-0.15, -0.1) is 0 Å². The molecule has 0 aromatic heterocycles. The van der Waals surface area contributed by atoms with Gasteiger partial charge in [-0.3, -0.25) is 4.79 Å². The summed E-state index contributed by atoms with van der Waals surface area (Å²) in [5, 5.41) is 0. The zero-order valence-corrected chi connectivity index (χ0v) is 16.2. The van der Waals surface area contributed by atoms with Gasteiger partial charge in [0.1, 0.15) is 5.75 Å². The van der Waals surface area contributed by atoms with Crippen LogP contribution in [0.3, 0.4) is 0 Å². The summed E-state index contributed by atoms with van der Waals surface area (Å²) in [5.41, 5.74) is 5.92. The second kappa shape index (κ2) is 7.81. The predicted molar refractivity (Wildman–Crippen MR) is 106 cm³/mol. The van der Waals surface area contributed by atoms with Gasteiger partial charge in [-0.05, 0) is 50.5 Å². The highest BCUT2D eigenvalue weighted by Gasteiger charge is 2.22. The van der Waals surface area contributed by atoms with E-state index < -0.39 is 0 Å². The monoisotopic (exact) mass is 352 g/mol. The molecule has 2 aromatic carbocycles. The second-order valence-corrected chi connectivity index (χ2v) is 7.17. The molecule has 4 nitrogen and oxygen atoms in total. The largest absolute Gasteiger partial charge is 0.483 e. The number of carbonyl (C=O) groups excluding carboxylic acids is 1. The Balaban J connectivity index is 1.55. The Bertz CT molecular complexity index is 769. The van der Waals surface area contributed by atoms with Gasteiger partial charge in [0, 0.05) is 31.9 Å². The minimum absolute atomic E-state index is 0.0637. The number of hydrogen-bond acceptors (Lipinski definition) is 3. The maximum absolute atomic E-state index is 12.6. The van der Waals surface area contributed by atoms with Gasteiger partial charge in [-0.1, -0.05) is 35.9 Å². The Hall–Kier alpha value is -2.49. The Morgan fingerprint density at radius 3 is 2.15 bits per heavy atom. The summed E-state index contributed by atoms with van der Waals surface area (Å²) < 4.78 is 5.86. The van der Waals surface area contributed by atoms with Gasteiger partial charge in [0.15, 0.2) is 6.61 Å². The molecule has 0 saturated carbocycles. The van der Waals surface area contributed by atoms with E-state index in [2.05, 4.69) is 55.1 Å². The highest BCUT2D eigenvalue weighted by atomic mass is 16.5. The number of hydrogen-bond donors (Lipinski definition) is 0. The molecule has 138 valence electrons. The van der Waals surface area contributed by atoms with Gasteiger partial charge in [-0.25, -0.2) is 0 Å². The lowest BCUT2D eigenvalue weighted by Crippen LogP contribution is -2.50. The molecule has 0 atom stereocenters. The van der Waals surface area contributed by atoms with Crippen molar-refractivity contribution in [3.63, 3.8) is 0 Å². The molecule has 0 radical (unpaired) electrons. The van der Waals surface area contributed by atoms with Crippen LogP contribution in [0.5, 0.6) is 5.75 Å². The Labute approximate surface area is 156 Å². The van der Waals surface area contributed by atoms with Crippen LogP contribution in [0.1, 0.15) is 22.3 Å². The standard InChI is InChI=1S/C22H28N2O2/c1-16-13-18(3)22(19(4)14-16)26-15-21(25)24-11-9-23(10-12-24)20-8-6-5-7-17(20)2/h5-8,13-14H,9-12,15H2,1-4H3. The molecule has 0 N–H and O–H groups in total. The summed E-state index contributed by atoms with van der Waals surface area (Å²) in [6.07, 6.45) is 0. The predicted octanol–water partition coefficient (Wildman–Crippen LogP) is 3.65. The van der Waals surface area contributed by atoms with Crippen LogP contribution in [-0.2, 0) is 4.79 Å². The van der Waals surface area contributed by atoms with Crippen LogP contribution in [0.15, 0.2) is 36.4 Å². The van der Waals surface area contributed by atoms with Crippen molar-refractivity contribution in [3.05, 3.63) is 58.7 Å². The van der Waals surface area contributed by atoms with Crippen molar-refractivity contribution in [2.45, 2.75) is 27.7 Å². The van der Waals surface area contributed by atoms with E-state index in [1.165, 1.54) is 16.8 Å². The molecule has 1 fully saturated rings. The van der Waals surface area contributed by atoms with E-state index in [0.29, 0.717) is 0 Å². The zero-order chi connectivity index (χ0) is 18.7. The number of anilines is 1. The minimum Gasteiger partial charge on any atom is -0.483 e. The average molecular weight is 352 g/mol. The maximum Gasteiger partial charge on any atom is 0.260 e. The maximum atomic E-state index is 12.6. The summed E-state index contributed by atoms with van der Waals surface area (Å²) in [6, 6.07) is 12.6. The number of benzene rings is 2. The molecule has 0 aliphatic carbocycles. The Kier molecular flexibility index (Phi) is 5.50. The molecule has 1 heterocycles. The van der Waals surface area contributed by atoms with Crippen LogP contribution < -0.4 is 9.64 Å². The highest BCUT2D eigenvalue weighted by molar-refractivity contribution is 5.78. The fourth-order valence-corrected chi connectivity index (χ4v) is 3.73. The fourth-order valence-electron chi connectivity index (χ4n) is 3.73. The molecule has 2 aromatic rings. The minimum atomic E-state index is 0.0637. The van der Waals surface area contributed by atoms with Gasteiger partial charge in [0.05, 0.1) is 0 Å². The van der Waals surface area contributed by atoms with E-state index in [9.17, 15) is 4.79 Å². The molecular weight excluding hydrogens is 324 g/mol. The number of rotatable bonds is 4. The summed E-state index contributed by atoms with van der Waals surface area (Å²) in [6.45, 7) is 11.6. The van der Waals surface area contributed by atoms with E-state index in [1.807, 2.05) is 18.7 Å². The molecule has 3 rings (SSSR count). The molecule has 1 amide bonds. The molecule has 1 aliphatic rings. The number of carbonyl (C=O) groups is 1. The lowest BCUT2D eigenvalue weighted by Gasteiger charge is -2.36. The van der Waals surface area contributed by atoms with Crippen LogP contribution in [0.25, 0.3) is 0 Å². The van der Waals surface area contributed by atoms with Gasteiger partial charge in [0.25, 0.3) is 5.91 Å². The van der Waals surface area contributed by atoms with Crippen molar-refractivity contribution in [2.24, 2.45) is 0 Å². The molecule has 0 spiro atoms. The van der Waals surface area contributed by atoms with Gasteiger partial charge in [0.2, 0.25) is 0 Å². The molecule has 26 heavy (non-hydrogen) atoms. The molecule has 4 heteroatoms. The molecule has 0 bridgehead atoms. The number of ether oxygens (including phenoxy) is 1. The van der Waals surface area contributed by atoms with Crippen molar-refractivity contribution >= 4 is 11.6 Å². The molecule has 0 unspecified atom stereocenters. The summed E-state index contributed by atoms with van der Waals surface area (Å²) in [5.74, 6) is 0.899. The Morgan fingerprint density at radius 1 is 0.923 bits per heavy atom. The van der Waals surface area contributed by atoms with E-state index in [0.717, 1.165) is 43.1 Å². The number of para-hydroxylation sites is 1. The van der Waals surface area contributed by atoms with Crippen LogP contribution in [0, 0.1) is 27.7 Å². The average Bonchev–Trinajstić information content (AvgIpc) is 2.61.